The van der Waals surface area contributed by atoms with Gasteiger partial charge in [-0.1, -0.05) is 15.9 Å². The molecule has 4 rings (SSSR count). The summed E-state index contributed by atoms with van der Waals surface area (Å²) in [5, 5.41) is 1.09. The van der Waals surface area contributed by atoms with Crippen molar-refractivity contribution in [2.75, 3.05) is 24.2 Å². The van der Waals surface area contributed by atoms with Crippen molar-refractivity contribution in [1.82, 2.24) is 9.97 Å². The monoisotopic (exact) mass is 429 g/mol. The quantitative estimate of drug-likeness (QED) is 0.535. The Morgan fingerprint density at radius 1 is 1.08 bits per heavy atom. The molecule has 1 aliphatic heterocycles. The van der Waals surface area contributed by atoms with Crippen LogP contribution in [0, 0.1) is 0 Å². The topological polar surface area (TPSA) is 38.2 Å². The third-order valence-electron chi connectivity index (χ3n) is 4.68. The number of thioether (sulfide) groups is 1. The van der Waals surface area contributed by atoms with Gasteiger partial charge in [0.15, 0.2) is 0 Å². The smallest absolute Gasteiger partial charge is 0.139 e. The summed E-state index contributed by atoms with van der Waals surface area (Å²) in [6.45, 7) is 1.87. The number of halogens is 1. The molecule has 1 aliphatic rings. The summed E-state index contributed by atoms with van der Waals surface area (Å²) < 4.78 is 7.22. The molecule has 134 valence electrons. The molecule has 1 aromatic heterocycles. The molecule has 2 heterocycles. The van der Waals surface area contributed by atoms with Crippen LogP contribution in [0.15, 0.2) is 58.2 Å². The van der Waals surface area contributed by atoms with Crippen molar-refractivity contribution in [2.45, 2.75) is 23.8 Å². The van der Waals surface area contributed by atoms with Gasteiger partial charge in [0, 0.05) is 40.7 Å². The Bertz CT molecular complexity index is 895. The van der Waals surface area contributed by atoms with Crippen LogP contribution in [0.3, 0.4) is 0 Å². The van der Waals surface area contributed by atoms with Crippen LogP contribution >= 0.6 is 27.7 Å². The van der Waals surface area contributed by atoms with Crippen LogP contribution in [-0.2, 0) is 0 Å². The van der Waals surface area contributed by atoms with Crippen LogP contribution in [0.1, 0.15) is 12.8 Å². The van der Waals surface area contributed by atoms with E-state index in [1.807, 2.05) is 12.1 Å². The molecular formula is C20H20BrN3OS. The van der Waals surface area contributed by atoms with Gasteiger partial charge in [0.05, 0.1) is 5.52 Å². The lowest BCUT2D eigenvalue weighted by Gasteiger charge is -2.33. The number of anilines is 1. The molecule has 0 bridgehead atoms. The lowest BCUT2D eigenvalue weighted by molar-refractivity contribution is 0.170. The first-order valence-electron chi connectivity index (χ1n) is 8.69. The molecule has 1 saturated heterocycles. The first kappa shape index (κ1) is 17.6. The zero-order valence-corrected chi connectivity index (χ0v) is 17.0. The van der Waals surface area contributed by atoms with E-state index in [0.29, 0.717) is 0 Å². The van der Waals surface area contributed by atoms with Gasteiger partial charge in [0.1, 0.15) is 24.0 Å². The normalized spacial score (nSPS) is 15.4. The fourth-order valence-corrected chi connectivity index (χ4v) is 4.07. The molecule has 0 N–H and O–H groups in total. The number of ether oxygens (including phenoxy) is 1. The van der Waals surface area contributed by atoms with Gasteiger partial charge in [-0.05, 0) is 48.7 Å². The fraction of sp³-hybridized carbons (Fsp3) is 0.300. The zero-order valence-electron chi connectivity index (χ0n) is 14.6. The van der Waals surface area contributed by atoms with Crippen LogP contribution in [0.2, 0.25) is 0 Å². The Kier molecular flexibility index (Phi) is 5.31. The summed E-state index contributed by atoms with van der Waals surface area (Å²) in [5.41, 5.74) is 0.977. The van der Waals surface area contributed by atoms with E-state index >= 15 is 0 Å². The average Bonchev–Trinajstić information content (AvgIpc) is 2.69. The Hall–Kier alpha value is -1.79. The number of aromatic nitrogens is 2. The molecule has 0 unspecified atom stereocenters. The van der Waals surface area contributed by atoms with Crippen molar-refractivity contribution in [1.29, 1.82) is 0 Å². The first-order chi connectivity index (χ1) is 12.7. The van der Waals surface area contributed by atoms with Crippen LogP contribution < -0.4 is 9.64 Å². The number of hydrogen-bond donors (Lipinski definition) is 0. The molecule has 3 aromatic rings. The second-order valence-electron chi connectivity index (χ2n) is 6.34. The highest BCUT2D eigenvalue weighted by atomic mass is 79.9. The predicted molar refractivity (Wildman–Crippen MR) is 111 cm³/mol. The maximum atomic E-state index is 6.17. The number of hydrogen-bond acceptors (Lipinski definition) is 5. The Balaban J connectivity index is 1.44. The zero-order chi connectivity index (χ0) is 17.9. The standard InChI is InChI=1S/C20H20BrN3OS/c1-26-17-5-3-15(4-6-17)25-16-8-10-24(11-9-16)20-18-12-14(21)2-7-19(18)22-13-23-20/h2-7,12-13,16H,8-11H2,1H3. The van der Waals surface area contributed by atoms with Crippen molar-refractivity contribution >= 4 is 44.4 Å². The van der Waals surface area contributed by atoms with E-state index in [-0.39, 0.29) is 6.10 Å². The van der Waals surface area contributed by atoms with E-state index in [9.17, 15) is 0 Å². The Morgan fingerprint density at radius 3 is 2.58 bits per heavy atom. The van der Waals surface area contributed by atoms with E-state index in [0.717, 1.165) is 52.9 Å². The summed E-state index contributed by atoms with van der Waals surface area (Å²) in [6, 6.07) is 14.5. The minimum Gasteiger partial charge on any atom is -0.490 e. The van der Waals surface area contributed by atoms with Gasteiger partial charge in [-0.2, -0.15) is 0 Å². The number of benzene rings is 2. The molecule has 0 saturated carbocycles. The number of piperidine rings is 1. The lowest BCUT2D eigenvalue weighted by atomic mass is 10.1. The third-order valence-corrected chi connectivity index (χ3v) is 5.92. The summed E-state index contributed by atoms with van der Waals surface area (Å²) in [5.74, 6) is 1.97. The SMILES string of the molecule is CSc1ccc(OC2CCN(c3ncnc4ccc(Br)cc34)CC2)cc1. The largest absolute Gasteiger partial charge is 0.490 e. The molecule has 0 radical (unpaired) electrons. The molecule has 0 amide bonds. The fourth-order valence-electron chi connectivity index (χ4n) is 3.30. The number of nitrogens with zero attached hydrogens (tertiary/aromatic N) is 3. The minimum atomic E-state index is 0.256. The first-order valence-corrected chi connectivity index (χ1v) is 10.7. The number of fused-ring (bicyclic) bond motifs is 1. The molecule has 0 spiro atoms. The average molecular weight is 430 g/mol. The van der Waals surface area contributed by atoms with Gasteiger partial charge >= 0.3 is 0 Å². The summed E-state index contributed by atoms with van der Waals surface area (Å²) in [7, 11) is 0. The van der Waals surface area contributed by atoms with Gasteiger partial charge in [0.25, 0.3) is 0 Å². The summed E-state index contributed by atoms with van der Waals surface area (Å²) in [6.07, 6.45) is 5.97. The molecule has 26 heavy (non-hydrogen) atoms. The van der Waals surface area contributed by atoms with Crippen molar-refractivity contribution in [2.24, 2.45) is 0 Å². The van der Waals surface area contributed by atoms with Crippen molar-refractivity contribution < 1.29 is 4.74 Å². The third kappa shape index (κ3) is 3.81. The van der Waals surface area contributed by atoms with Crippen molar-refractivity contribution in [3.05, 3.63) is 53.3 Å². The number of rotatable bonds is 4. The van der Waals surface area contributed by atoms with Gasteiger partial charge in [0.2, 0.25) is 0 Å². The van der Waals surface area contributed by atoms with E-state index in [2.05, 4.69) is 67.4 Å². The molecule has 2 aromatic carbocycles. The van der Waals surface area contributed by atoms with Crippen molar-refractivity contribution in [3.8, 4) is 5.75 Å². The van der Waals surface area contributed by atoms with E-state index in [1.54, 1.807) is 18.1 Å². The second-order valence-corrected chi connectivity index (χ2v) is 8.13. The van der Waals surface area contributed by atoms with Crippen molar-refractivity contribution in [3.63, 3.8) is 0 Å². The Labute approximate surface area is 166 Å². The van der Waals surface area contributed by atoms with Crippen LogP contribution in [0.25, 0.3) is 10.9 Å². The molecule has 4 nitrogen and oxygen atoms in total. The molecule has 6 heteroatoms. The lowest BCUT2D eigenvalue weighted by Crippen LogP contribution is -2.38. The molecular weight excluding hydrogens is 410 g/mol. The highest BCUT2D eigenvalue weighted by Crippen LogP contribution is 2.29. The highest BCUT2D eigenvalue weighted by Gasteiger charge is 2.23. The van der Waals surface area contributed by atoms with E-state index < -0.39 is 0 Å². The van der Waals surface area contributed by atoms with Crippen LogP contribution in [-0.4, -0.2) is 35.4 Å². The summed E-state index contributed by atoms with van der Waals surface area (Å²) in [4.78, 5) is 12.5. The summed E-state index contributed by atoms with van der Waals surface area (Å²) >= 11 is 5.30. The van der Waals surface area contributed by atoms with Gasteiger partial charge in [-0.25, -0.2) is 9.97 Å². The van der Waals surface area contributed by atoms with Crippen LogP contribution in [0.5, 0.6) is 5.75 Å². The van der Waals surface area contributed by atoms with E-state index in [4.69, 9.17) is 4.74 Å². The van der Waals surface area contributed by atoms with Crippen LogP contribution in [0.4, 0.5) is 5.82 Å². The second kappa shape index (κ2) is 7.84. The maximum Gasteiger partial charge on any atom is 0.139 e. The predicted octanol–water partition coefficient (Wildman–Crippen LogP) is 5.16. The molecule has 0 aliphatic carbocycles. The van der Waals surface area contributed by atoms with E-state index in [1.165, 1.54) is 4.90 Å². The van der Waals surface area contributed by atoms with Gasteiger partial charge in [-0.3, -0.25) is 0 Å². The molecule has 1 fully saturated rings. The minimum absolute atomic E-state index is 0.256. The maximum absolute atomic E-state index is 6.17. The Morgan fingerprint density at radius 2 is 1.85 bits per heavy atom. The molecule has 0 atom stereocenters. The van der Waals surface area contributed by atoms with Gasteiger partial charge < -0.3 is 9.64 Å². The highest BCUT2D eigenvalue weighted by molar-refractivity contribution is 9.10. The van der Waals surface area contributed by atoms with Gasteiger partial charge in [-0.15, -0.1) is 11.8 Å².